The van der Waals surface area contributed by atoms with E-state index in [1.54, 1.807) is 19.3 Å². The number of rotatable bonds is 4. The van der Waals surface area contributed by atoms with Crippen LogP contribution in [-0.4, -0.2) is 78.0 Å². The zero-order chi connectivity index (χ0) is 33.1. The minimum atomic E-state index is -1.90. The van der Waals surface area contributed by atoms with Crippen LogP contribution in [0.1, 0.15) is 68.6 Å². The van der Waals surface area contributed by atoms with Crippen molar-refractivity contribution < 1.29 is 23.8 Å². The number of alkyl halides is 1. The minimum absolute atomic E-state index is 0.200. The lowest BCUT2D eigenvalue weighted by Crippen LogP contribution is -2.45. The van der Waals surface area contributed by atoms with Crippen LogP contribution in [0.2, 0.25) is 0 Å². The summed E-state index contributed by atoms with van der Waals surface area (Å²) in [5.74, 6) is 0.0896. The third-order valence-corrected chi connectivity index (χ3v) is 9.31. The number of ether oxygens (including phenoxy) is 1. The molecule has 13 heteroatoms. The van der Waals surface area contributed by atoms with E-state index in [0.29, 0.717) is 39.4 Å². The fourth-order valence-electron chi connectivity index (χ4n) is 6.39. The number of benzene rings is 1. The number of aliphatic hydroxyl groups is 1. The number of pyridine rings is 1. The van der Waals surface area contributed by atoms with E-state index in [2.05, 4.69) is 41.3 Å². The van der Waals surface area contributed by atoms with E-state index in [-0.39, 0.29) is 26.1 Å². The van der Waals surface area contributed by atoms with Crippen molar-refractivity contribution >= 4 is 44.5 Å². The molecule has 47 heavy (non-hydrogen) atoms. The summed E-state index contributed by atoms with van der Waals surface area (Å²) >= 11 is 3.40. The van der Waals surface area contributed by atoms with Crippen molar-refractivity contribution in [2.45, 2.75) is 83.2 Å². The monoisotopic (exact) mass is 707 g/mol. The normalized spacial score (nSPS) is 21.8. The number of likely N-dealkylation sites (tertiary alicyclic amines) is 1. The van der Waals surface area contributed by atoms with Gasteiger partial charge in [0.1, 0.15) is 28.8 Å². The second-order valence-electron chi connectivity index (χ2n) is 12.6. The van der Waals surface area contributed by atoms with Crippen LogP contribution in [0.3, 0.4) is 0 Å². The van der Waals surface area contributed by atoms with E-state index in [4.69, 9.17) is 4.74 Å². The van der Waals surface area contributed by atoms with E-state index in [1.165, 1.54) is 9.58 Å². The number of aliphatic hydroxyl groups excluding tert-OH is 1. The summed E-state index contributed by atoms with van der Waals surface area (Å²) in [5, 5.41) is 18.8. The van der Waals surface area contributed by atoms with Crippen molar-refractivity contribution in [3.63, 3.8) is 0 Å². The van der Waals surface area contributed by atoms with Crippen LogP contribution in [0.5, 0.6) is 0 Å². The van der Waals surface area contributed by atoms with Crippen molar-refractivity contribution in [3.8, 4) is 11.1 Å². The maximum Gasteiger partial charge on any atom is 0.248 e. The quantitative estimate of drug-likeness (QED) is 0.266. The Hall–Kier alpha value is -3.81. The molecule has 4 aromatic rings. The molecular weight excluding hydrogens is 669 g/mol. The van der Waals surface area contributed by atoms with Gasteiger partial charge in [-0.1, -0.05) is 31.4 Å². The first-order chi connectivity index (χ1) is 22.6. The SMILES string of the molecule is Cc1ncc(-c2ccc3c(c2)c(C(C)O)nn3CC(=O)N2C[C@@]3(F)COCCCCCCCc4ccc(Br)nc4NC(=O)[C@@H]2C3)cn1. The largest absolute Gasteiger partial charge is 0.387 e. The van der Waals surface area contributed by atoms with Gasteiger partial charge in [0.2, 0.25) is 11.8 Å². The van der Waals surface area contributed by atoms with Gasteiger partial charge in [0, 0.05) is 36.4 Å². The van der Waals surface area contributed by atoms with Crippen LogP contribution in [0, 0.1) is 6.92 Å². The first-order valence-electron chi connectivity index (χ1n) is 16.1. The Kier molecular flexibility index (Phi) is 9.95. The molecule has 1 aromatic carbocycles. The number of carbonyl (C=O) groups excluding carboxylic acids is 2. The Labute approximate surface area is 281 Å². The van der Waals surface area contributed by atoms with Gasteiger partial charge in [0.05, 0.1) is 30.5 Å². The van der Waals surface area contributed by atoms with Crippen LogP contribution >= 0.6 is 15.9 Å². The highest BCUT2D eigenvalue weighted by Gasteiger charge is 2.50. The minimum Gasteiger partial charge on any atom is -0.387 e. The molecule has 248 valence electrons. The number of nitrogens with one attached hydrogen (secondary N) is 1. The number of amides is 2. The molecule has 0 saturated carbocycles. The number of hydrogen-bond acceptors (Lipinski definition) is 8. The Balaban J connectivity index is 1.30. The molecule has 2 bridgehead atoms. The van der Waals surface area contributed by atoms with Gasteiger partial charge >= 0.3 is 0 Å². The molecule has 2 amide bonds. The molecule has 3 atom stereocenters. The molecule has 6 rings (SSSR count). The summed E-state index contributed by atoms with van der Waals surface area (Å²) in [4.78, 5) is 42.2. The zero-order valence-corrected chi connectivity index (χ0v) is 28.2. The van der Waals surface area contributed by atoms with Gasteiger partial charge < -0.3 is 20.1 Å². The van der Waals surface area contributed by atoms with Gasteiger partial charge in [0.25, 0.3) is 0 Å². The van der Waals surface area contributed by atoms with Crippen LogP contribution in [0.25, 0.3) is 22.0 Å². The summed E-state index contributed by atoms with van der Waals surface area (Å²) in [7, 11) is 0. The van der Waals surface area contributed by atoms with Crippen LogP contribution < -0.4 is 5.32 Å². The molecule has 1 saturated heterocycles. The second-order valence-corrected chi connectivity index (χ2v) is 13.4. The third kappa shape index (κ3) is 7.52. The molecule has 3 aromatic heterocycles. The number of nitrogens with zero attached hydrogens (tertiary/aromatic N) is 6. The summed E-state index contributed by atoms with van der Waals surface area (Å²) in [6.45, 7) is 3.10. The predicted octanol–water partition coefficient (Wildman–Crippen LogP) is 5.48. The van der Waals surface area contributed by atoms with Crippen molar-refractivity contribution in [1.82, 2.24) is 29.6 Å². The fourth-order valence-corrected chi connectivity index (χ4v) is 6.70. The summed E-state index contributed by atoms with van der Waals surface area (Å²) < 4.78 is 24.2. The maximum atomic E-state index is 16.3. The van der Waals surface area contributed by atoms with Gasteiger partial charge in [-0.25, -0.2) is 19.3 Å². The second kappa shape index (κ2) is 14.1. The Morgan fingerprint density at radius 1 is 1.15 bits per heavy atom. The van der Waals surface area contributed by atoms with Gasteiger partial charge in [0.15, 0.2) is 5.67 Å². The Morgan fingerprint density at radius 3 is 2.70 bits per heavy atom. The number of halogens is 2. The number of aryl methyl sites for hydroxylation is 2. The lowest BCUT2D eigenvalue weighted by molar-refractivity contribution is -0.137. The third-order valence-electron chi connectivity index (χ3n) is 8.87. The molecule has 0 spiro atoms. The molecule has 5 heterocycles. The first-order valence-corrected chi connectivity index (χ1v) is 16.9. The molecule has 2 N–H and O–H groups in total. The summed E-state index contributed by atoms with van der Waals surface area (Å²) in [6.07, 6.45) is 7.91. The van der Waals surface area contributed by atoms with E-state index < -0.39 is 29.6 Å². The smallest absolute Gasteiger partial charge is 0.248 e. The standard InChI is InChI=1S/C34H39BrFN7O4/c1-21(44)31-26-14-24(25-16-37-22(2)38-17-25)9-11-27(26)43(41-31)18-30(45)42-19-34(36)15-28(42)33(46)40-32-23(10-12-29(35)39-32)8-6-4-3-5-7-13-47-20-34/h9-12,14,16-17,21,28,44H,3-8,13,15,18-20H2,1-2H3,(H,39,40,46)/t21?,28-,34+/m0/s1. The van der Waals surface area contributed by atoms with Crippen LogP contribution in [0.15, 0.2) is 47.3 Å². The zero-order valence-electron chi connectivity index (χ0n) is 26.6. The lowest BCUT2D eigenvalue weighted by atomic mass is 10.0. The molecule has 11 nitrogen and oxygen atoms in total. The van der Waals surface area contributed by atoms with Crippen molar-refractivity contribution in [2.24, 2.45) is 0 Å². The number of hydrogen-bond donors (Lipinski definition) is 2. The van der Waals surface area contributed by atoms with Gasteiger partial charge in [-0.3, -0.25) is 14.3 Å². The number of anilines is 1. The molecule has 0 aliphatic carbocycles. The summed E-state index contributed by atoms with van der Waals surface area (Å²) in [5.41, 5.74) is 1.65. The van der Waals surface area contributed by atoms with Crippen LogP contribution in [0.4, 0.5) is 10.2 Å². The number of fused-ring (bicyclic) bond motifs is 4. The molecule has 0 radical (unpaired) electrons. The predicted molar refractivity (Wildman–Crippen MR) is 178 cm³/mol. The molecule has 1 fully saturated rings. The van der Waals surface area contributed by atoms with E-state index in [1.807, 2.05) is 37.3 Å². The molecule has 2 aliphatic heterocycles. The van der Waals surface area contributed by atoms with Gasteiger partial charge in [-0.15, -0.1) is 0 Å². The molecule has 2 aliphatic rings. The van der Waals surface area contributed by atoms with Crippen molar-refractivity contribution in [2.75, 3.05) is 25.1 Å². The van der Waals surface area contributed by atoms with Crippen molar-refractivity contribution in [3.05, 3.63) is 64.4 Å². The first kappa shape index (κ1) is 33.1. The lowest BCUT2D eigenvalue weighted by Gasteiger charge is -2.24. The molecular formula is C34H39BrFN7O4. The average molecular weight is 709 g/mol. The Morgan fingerprint density at radius 2 is 1.91 bits per heavy atom. The fraction of sp³-hybridized carbons (Fsp3) is 0.471. The maximum absolute atomic E-state index is 16.3. The Bertz CT molecular complexity index is 1770. The summed E-state index contributed by atoms with van der Waals surface area (Å²) in [6, 6.07) is 8.27. The number of aromatic nitrogens is 5. The van der Waals surface area contributed by atoms with Gasteiger partial charge in [-0.2, -0.15) is 5.10 Å². The van der Waals surface area contributed by atoms with Crippen LogP contribution in [-0.2, 0) is 27.3 Å². The highest BCUT2D eigenvalue weighted by molar-refractivity contribution is 9.10. The number of carbonyl (C=O) groups is 2. The molecule has 1 unspecified atom stereocenters. The topological polar surface area (TPSA) is 135 Å². The van der Waals surface area contributed by atoms with Gasteiger partial charge in [-0.05, 0) is 78.4 Å². The van der Waals surface area contributed by atoms with Crippen molar-refractivity contribution in [1.29, 1.82) is 0 Å². The van der Waals surface area contributed by atoms with E-state index >= 15 is 4.39 Å². The average Bonchev–Trinajstić information content (AvgIpc) is 3.59. The van der Waals surface area contributed by atoms with E-state index in [9.17, 15) is 14.7 Å². The highest BCUT2D eigenvalue weighted by atomic mass is 79.9. The highest BCUT2D eigenvalue weighted by Crippen LogP contribution is 2.34. The van der Waals surface area contributed by atoms with E-state index in [0.717, 1.165) is 55.2 Å².